The van der Waals surface area contributed by atoms with Gasteiger partial charge in [-0.05, 0) is 30.7 Å². The molecule has 2 aromatic heterocycles. The van der Waals surface area contributed by atoms with Gasteiger partial charge in [0, 0.05) is 17.3 Å². The van der Waals surface area contributed by atoms with E-state index in [4.69, 9.17) is 16.3 Å². The van der Waals surface area contributed by atoms with Crippen LogP contribution in [0.15, 0.2) is 36.4 Å². The Hall–Kier alpha value is -3.04. The Bertz CT molecular complexity index is 912. The molecular formula is C17H14ClN5O. The van der Waals surface area contributed by atoms with Crippen LogP contribution >= 0.6 is 11.6 Å². The first-order valence-electron chi connectivity index (χ1n) is 7.15. The maximum atomic E-state index is 9.41. The highest BCUT2D eigenvalue weighted by Gasteiger charge is 2.14. The van der Waals surface area contributed by atoms with Crippen molar-refractivity contribution in [2.45, 2.75) is 6.92 Å². The van der Waals surface area contributed by atoms with E-state index >= 15 is 0 Å². The van der Waals surface area contributed by atoms with Crippen molar-refractivity contribution < 1.29 is 4.74 Å². The molecule has 0 saturated carbocycles. The molecule has 2 N–H and O–H groups in total. The number of aromatic amines is 1. The third-order valence-corrected chi connectivity index (χ3v) is 3.72. The molecule has 0 aliphatic heterocycles. The summed E-state index contributed by atoms with van der Waals surface area (Å²) >= 11 is 6.19. The van der Waals surface area contributed by atoms with Crippen molar-refractivity contribution in [3.8, 4) is 22.9 Å². The molecule has 24 heavy (non-hydrogen) atoms. The number of hydrogen-bond acceptors (Lipinski definition) is 5. The van der Waals surface area contributed by atoms with Gasteiger partial charge in [-0.3, -0.25) is 5.10 Å². The lowest BCUT2D eigenvalue weighted by atomic mass is 10.0. The number of aryl methyl sites for hydroxylation is 1. The average Bonchev–Trinajstić information content (AvgIpc) is 2.99. The molecule has 0 spiro atoms. The van der Waals surface area contributed by atoms with Crippen molar-refractivity contribution in [2.75, 3.05) is 12.4 Å². The summed E-state index contributed by atoms with van der Waals surface area (Å²) in [7, 11) is 1.60. The number of benzene rings is 1. The van der Waals surface area contributed by atoms with Gasteiger partial charge >= 0.3 is 0 Å². The predicted molar refractivity (Wildman–Crippen MR) is 92.6 cm³/mol. The number of methoxy groups -OCH3 is 1. The fraction of sp³-hybridized carbons (Fsp3) is 0.118. The molecule has 2 heterocycles. The van der Waals surface area contributed by atoms with Crippen molar-refractivity contribution in [3.63, 3.8) is 0 Å². The minimum Gasteiger partial charge on any atom is -0.497 e. The van der Waals surface area contributed by atoms with Gasteiger partial charge in [-0.15, -0.1) is 0 Å². The Morgan fingerprint density at radius 2 is 1.96 bits per heavy atom. The number of pyridine rings is 1. The van der Waals surface area contributed by atoms with Crippen molar-refractivity contribution in [1.29, 1.82) is 5.26 Å². The van der Waals surface area contributed by atoms with Crippen LogP contribution in [-0.2, 0) is 0 Å². The number of nitrogens with one attached hydrogen (secondary N) is 2. The van der Waals surface area contributed by atoms with Crippen LogP contribution in [0.5, 0.6) is 5.75 Å². The van der Waals surface area contributed by atoms with E-state index in [-0.39, 0.29) is 5.15 Å². The van der Waals surface area contributed by atoms with Crippen LogP contribution in [0.2, 0.25) is 5.15 Å². The number of anilines is 2. The molecule has 0 radical (unpaired) electrons. The van der Waals surface area contributed by atoms with E-state index < -0.39 is 0 Å². The topological polar surface area (TPSA) is 86.6 Å². The van der Waals surface area contributed by atoms with E-state index in [9.17, 15) is 5.26 Å². The monoisotopic (exact) mass is 339 g/mol. The first-order valence-corrected chi connectivity index (χ1v) is 7.52. The highest BCUT2D eigenvalue weighted by atomic mass is 35.5. The van der Waals surface area contributed by atoms with Gasteiger partial charge in [0.25, 0.3) is 0 Å². The minimum atomic E-state index is 0.139. The summed E-state index contributed by atoms with van der Waals surface area (Å²) in [5.41, 5.74) is 2.78. The molecule has 120 valence electrons. The largest absolute Gasteiger partial charge is 0.497 e. The summed E-state index contributed by atoms with van der Waals surface area (Å²) in [6.45, 7) is 1.90. The third-order valence-electron chi connectivity index (χ3n) is 3.45. The fourth-order valence-electron chi connectivity index (χ4n) is 2.30. The van der Waals surface area contributed by atoms with Crippen LogP contribution in [0.25, 0.3) is 11.1 Å². The molecule has 1 aromatic carbocycles. The molecule has 0 aliphatic rings. The molecule has 7 heteroatoms. The number of H-pyrrole nitrogens is 1. The maximum absolute atomic E-state index is 9.41. The smallest absolute Gasteiger partial charge is 0.153 e. The average molecular weight is 340 g/mol. The Balaban J connectivity index is 2.04. The van der Waals surface area contributed by atoms with Crippen LogP contribution in [0.1, 0.15) is 11.3 Å². The second-order valence-electron chi connectivity index (χ2n) is 5.12. The number of nitrogens with zero attached hydrogens (tertiary/aromatic N) is 3. The molecule has 0 atom stereocenters. The lowest BCUT2D eigenvalue weighted by Crippen LogP contribution is -1.98. The molecular weight excluding hydrogens is 326 g/mol. The van der Waals surface area contributed by atoms with E-state index in [1.165, 1.54) is 0 Å². The number of aromatic nitrogens is 3. The van der Waals surface area contributed by atoms with Gasteiger partial charge in [-0.1, -0.05) is 23.7 Å². The Morgan fingerprint density at radius 1 is 1.21 bits per heavy atom. The van der Waals surface area contributed by atoms with Gasteiger partial charge < -0.3 is 10.1 Å². The zero-order chi connectivity index (χ0) is 17.1. The molecule has 0 fully saturated rings. The van der Waals surface area contributed by atoms with Crippen LogP contribution in [0, 0.1) is 18.3 Å². The van der Waals surface area contributed by atoms with Gasteiger partial charge in [0.05, 0.1) is 12.7 Å². The zero-order valence-electron chi connectivity index (χ0n) is 13.1. The summed E-state index contributed by atoms with van der Waals surface area (Å²) in [4.78, 5) is 4.22. The van der Waals surface area contributed by atoms with E-state index in [0.29, 0.717) is 22.8 Å². The van der Waals surface area contributed by atoms with E-state index in [0.717, 1.165) is 17.0 Å². The van der Waals surface area contributed by atoms with E-state index in [1.807, 2.05) is 37.3 Å². The molecule has 0 amide bonds. The number of ether oxygens (including phenoxy) is 1. The van der Waals surface area contributed by atoms with Gasteiger partial charge in [0.2, 0.25) is 0 Å². The van der Waals surface area contributed by atoms with Gasteiger partial charge in [-0.25, -0.2) is 4.98 Å². The van der Waals surface area contributed by atoms with Crippen LogP contribution in [0.4, 0.5) is 11.6 Å². The molecule has 0 unspecified atom stereocenters. The van der Waals surface area contributed by atoms with Crippen LogP contribution in [-0.4, -0.2) is 22.3 Å². The summed E-state index contributed by atoms with van der Waals surface area (Å²) in [6, 6.07) is 13.1. The zero-order valence-corrected chi connectivity index (χ0v) is 13.8. The Morgan fingerprint density at radius 3 is 2.54 bits per heavy atom. The number of nitriles is 1. The lowest BCUT2D eigenvalue weighted by molar-refractivity contribution is 0.415. The number of rotatable bonds is 4. The quantitative estimate of drug-likeness (QED) is 0.700. The first kappa shape index (κ1) is 15.8. The summed E-state index contributed by atoms with van der Waals surface area (Å²) in [5, 5.41) is 19.6. The summed E-state index contributed by atoms with van der Waals surface area (Å²) < 4.78 is 5.16. The Kier molecular flexibility index (Phi) is 4.36. The highest BCUT2D eigenvalue weighted by molar-refractivity contribution is 6.31. The molecule has 0 bridgehead atoms. The predicted octanol–water partition coefficient (Wildman–Crippen LogP) is 4.06. The second-order valence-corrected chi connectivity index (χ2v) is 5.48. The maximum Gasteiger partial charge on any atom is 0.153 e. The van der Waals surface area contributed by atoms with E-state index in [2.05, 4.69) is 26.6 Å². The van der Waals surface area contributed by atoms with E-state index in [1.54, 1.807) is 13.2 Å². The van der Waals surface area contributed by atoms with Gasteiger partial charge in [0.15, 0.2) is 5.82 Å². The SMILES string of the molecule is COc1ccc(-c2cc(Nc3cc(C)[nH]n3)nc(Cl)c2C#N)cc1. The van der Waals surface area contributed by atoms with Crippen molar-refractivity contribution in [1.82, 2.24) is 15.2 Å². The third kappa shape index (κ3) is 3.16. The summed E-state index contributed by atoms with van der Waals surface area (Å²) in [5.74, 6) is 1.88. The molecule has 3 aromatic rings. The van der Waals surface area contributed by atoms with Gasteiger partial charge in [0.1, 0.15) is 22.8 Å². The van der Waals surface area contributed by atoms with Crippen molar-refractivity contribution in [2.24, 2.45) is 0 Å². The van der Waals surface area contributed by atoms with Crippen LogP contribution in [0.3, 0.4) is 0 Å². The summed E-state index contributed by atoms with van der Waals surface area (Å²) in [6.07, 6.45) is 0. The first-order chi connectivity index (χ1) is 11.6. The normalized spacial score (nSPS) is 10.2. The highest BCUT2D eigenvalue weighted by Crippen LogP contribution is 2.32. The minimum absolute atomic E-state index is 0.139. The molecule has 0 aliphatic carbocycles. The standard InChI is InChI=1S/C17H14ClN5O/c1-10-7-16(23-22-10)20-15-8-13(14(9-19)17(18)21-15)11-3-5-12(24-2)6-4-11/h3-8H,1-2H3,(H2,20,21,22,23). The van der Waals surface area contributed by atoms with Crippen molar-refractivity contribution in [3.05, 3.63) is 52.8 Å². The fourth-order valence-corrected chi connectivity index (χ4v) is 2.53. The molecule has 3 rings (SSSR count). The Labute approximate surface area is 144 Å². The molecule has 0 saturated heterocycles. The van der Waals surface area contributed by atoms with Crippen molar-refractivity contribution >= 4 is 23.2 Å². The van der Waals surface area contributed by atoms with Gasteiger partial charge in [-0.2, -0.15) is 10.4 Å². The lowest BCUT2D eigenvalue weighted by Gasteiger charge is -2.10. The number of halogens is 1. The molecule has 6 nitrogen and oxygen atoms in total. The number of hydrogen-bond donors (Lipinski definition) is 2. The van der Waals surface area contributed by atoms with Crippen LogP contribution < -0.4 is 10.1 Å². The second kappa shape index (κ2) is 6.60.